The van der Waals surface area contributed by atoms with Crippen LogP contribution in [0.15, 0.2) is 0 Å². The summed E-state index contributed by atoms with van der Waals surface area (Å²) in [6, 6.07) is 0. The number of aliphatic carboxylic acids is 1. The van der Waals surface area contributed by atoms with Gasteiger partial charge in [-0.3, -0.25) is 14.8 Å². The summed E-state index contributed by atoms with van der Waals surface area (Å²) in [4.78, 5) is 19.6. The Bertz CT molecular complexity index is 125. The minimum Gasteiger partial charge on any atom is -0.481 e. The van der Waals surface area contributed by atoms with Crippen molar-refractivity contribution in [2.24, 2.45) is 0 Å². The molecule has 0 bridgehead atoms. The summed E-state index contributed by atoms with van der Waals surface area (Å²) in [6.07, 6.45) is 0.470. The van der Waals surface area contributed by atoms with Crippen molar-refractivity contribution in [1.82, 2.24) is 5.06 Å². The van der Waals surface area contributed by atoms with Gasteiger partial charge in [-0.2, -0.15) is 0 Å². The zero-order valence-corrected chi connectivity index (χ0v) is 5.36. The van der Waals surface area contributed by atoms with Crippen LogP contribution in [-0.2, 0) is 9.59 Å². The molecule has 1 amide bonds. The number of carboxylic acids is 1. The van der Waals surface area contributed by atoms with Gasteiger partial charge in [-0.25, -0.2) is 5.06 Å². The molecule has 0 aromatic heterocycles. The van der Waals surface area contributed by atoms with Crippen molar-refractivity contribution in [3.05, 3.63) is 0 Å². The average Bonchev–Trinajstić information content (AvgIpc) is 1.87. The van der Waals surface area contributed by atoms with Crippen molar-refractivity contribution in [1.29, 1.82) is 0 Å². The molecule has 0 atom stereocenters. The Morgan fingerprint density at radius 2 is 2.20 bits per heavy atom. The second-order valence-corrected chi connectivity index (χ2v) is 1.77. The Morgan fingerprint density at radius 1 is 1.60 bits per heavy atom. The molecule has 0 rings (SSSR count). The van der Waals surface area contributed by atoms with Crippen LogP contribution in [0.5, 0.6) is 0 Å². The van der Waals surface area contributed by atoms with E-state index in [0.717, 1.165) is 0 Å². The first-order valence-electron chi connectivity index (χ1n) is 2.79. The minimum atomic E-state index is -0.931. The molecule has 0 fully saturated rings. The van der Waals surface area contributed by atoms with Gasteiger partial charge in [0.1, 0.15) is 0 Å². The summed E-state index contributed by atoms with van der Waals surface area (Å²) in [7, 11) is 0. The Balaban J connectivity index is 3.19. The van der Waals surface area contributed by atoms with Gasteiger partial charge in [0.25, 0.3) is 0 Å². The Labute approximate surface area is 57.8 Å². The van der Waals surface area contributed by atoms with E-state index in [1.54, 1.807) is 0 Å². The Hall–Kier alpha value is -1.10. The minimum absolute atomic E-state index is 0.0368. The summed E-state index contributed by atoms with van der Waals surface area (Å²) in [6.45, 7) is 0.0653. The van der Waals surface area contributed by atoms with E-state index in [0.29, 0.717) is 5.06 Å². The summed E-state index contributed by atoms with van der Waals surface area (Å²) < 4.78 is 0. The maximum absolute atomic E-state index is 9.88. The van der Waals surface area contributed by atoms with Gasteiger partial charge in [-0.1, -0.05) is 0 Å². The predicted octanol–water partition coefficient (Wildman–Crippen LogP) is -0.301. The van der Waals surface area contributed by atoms with Gasteiger partial charge in [0.2, 0.25) is 6.41 Å². The number of carbonyl (C=O) groups is 2. The first kappa shape index (κ1) is 8.90. The lowest BCUT2D eigenvalue weighted by Crippen LogP contribution is -2.18. The fraction of sp³-hybridized carbons (Fsp3) is 0.600. The van der Waals surface area contributed by atoms with Crippen molar-refractivity contribution in [2.75, 3.05) is 6.54 Å². The topological polar surface area (TPSA) is 77.8 Å². The van der Waals surface area contributed by atoms with Gasteiger partial charge in [0.05, 0.1) is 0 Å². The fourth-order valence-electron chi connectivity index (χ4n) is 0.445. The highest BCUT2D eigenvalue weighted by molar-refractivity contribution is 5.66. The number of carbonyl (C=O) groups excluding carboxylic acids is 1. The van der Waals surface area contributed by atoms with Gasteiger partial charge in [0.15, 0.2) is 0 Å². The van der Waals surface area contributed by atoms with Crippen molar-refractivity contribution in [2.45, 2.75) is 12.8 Å². The lowest BCUT2D eigenvalue weighted by Gasteiger charge is -2.05. The number of hydroxylamine groups is 2. The maximum atomic E-state index is 9.88. The first-order valence-corrected chi connectivity index (χ1v) is 2.79. The van der Waals surface area contributed by atoms with E-state index in [9.17, 15) is 9.59 Å². The zero-order valence-electron chi connectivity index (χ0n) is 5.36. The molecule has 0 unspecified atom stereocenters. The van der Waals surface area contributed by atoms with E-state index in [4.69, 9.17) is 10.3 Å². The van der Waals surface area contributed by atoms with Crippen LogP contribution < -0.4 is 0 Å². The quantitative estimate of drug-likeness (QED) is 0.318. The molecule has 0 heterocycles. The third kappa shape index (κ3) is 5.04. The molecule has 0 aliphatic carbocycles. The molecule has 0 aromatic carbocycles. The average molecular weight is 147 g/mol. The normalized spacial score (nSPS) is 8.90. The first-order chi connectivity index (χ1) is 4.66. The van der Waals surface area contributed by atoms with Crippen LogP contribution in [0.3, 0.4) is 0 Å². The molecule has 0 aliphatic heterocycles. The van der Waals surface area contributed by atoms with Gasteiger partial charge in [0, 0.05) is 13.0 Å². The van der Waals surface area contributed by atoms with E-state index in [1.165, 1.54) is 0 Å². The number of carboxylic acid groups (broad SMARTS) is 1. The van der Waals surface area contributed by atoms with E-state index < -0.39 is 5.97 Å². The highest BCUT2D eigenvalue weighted by Gasteiger charge is 1.98. The van der Waals surface area contributed by atoms with E-state index in [-0.39, 0.29) is 25.8 Å². The third-order valence-electron chi connectivity index (χ3n) is 0.900. The Kier molecular flexibility index (Phi) is 4.23. The summed E-state index contributed by atoms with van der Waals surface area (Å²) >= 11 is 0. The molecular weight excluding hydrogens is 138 g/mol. The zero-order chi connectivity index (χ0) is 7.98. The number of rotatable bonds is 5. The molecular formula is C5H9NO4. The van der Waals surface area contributed by atoms with Gasteiger partial charge >= 0.3 is 5.97 Å². The molecule has 0 spiro atoms. The van der Waals surface area contributed by atoms with Crippen LogP contribution in [0.1, 0.15) is 12.8 Å². The monoisotopic (exact) mass is 147 g/mol. The van der Waals surface area contributed by atoms with Crippen molar-refractivity contribution in [3.8, 4) is 0 Å². The number of amides is 1. The second kappa shape index (κ2) is 4.75. The van der Waals surface area contributed by atoms with E-state index >= 15 is 0 Å². The molecule has 0 radical (unpaired) electrons. The maximum Gasteiger partial charge on any atom is 0.303 e. The molecule has 0 aromatic rings. The molecule has 58 valence electrons. The van der Waals surface area contributed by atoms with E-state index in [1.807, 2.05) is 0 Å². The summed E-state index contributed by atoms with van der Waals surface area (Å²) in [5, 5.41) is 17.0. The van der Waals surface area contributed by atoms with Crippen LogP contribution in [0.25, 0.3) is 0 Å². The van der Waals surface area contributed by atoms with Gasteiger partial charge in [-0.15, -0.1) is 0 Å². The molecule has 10 heavy (non-hydrogen) atoms. The van der Waals surface area contributed by atoms with Crippen molar-refractivity contribution < 1.29 is 19.9 Å². The van der Waals surface area contributed by atoms with E-state index in [2.05, 4.69) is 0 Å². The second-order valence-electron chi connectivity index (χ2n) is 1.77. The molecule has 2 N–H and O–H groups in total. The van der Waals surface area contributed by atoms with Gasteiger partial charge < -0.3 is 5.11 Å². The van der Waals surface area contributed by atoms with Crippen molar-refractivity contribution >= 4 is 12.4 Å². The predicted molar refractivity (Wildman–Crippen MR) is 31.4 cm³/mol. The van der Waals surface area contributed by atoms with Crippen LogP contribution >= 0.6 is 0 Å². The Morgan fingerprint density at radius 3 is 2.60 bits per heavy atom. The van der Waals surface area contributed by atoms with Crippen LogP contribution in [-0.4, -0.2) is 34.3 Å². The number of nitrogens with zero attached hydrogens (tertiary/aromatic N) is 1. The third-order valence-corrected chi connectivity index (χ3v) is 0.900. The highest BCUT2D eigenvalue weighted by Crippen LogP contribution is 1.89. The fourth-order valence-corrected chi connectivity index (χ4v) is 0.445. The van der Waals surface area contributed by atoms with Crippen LogP contribution in [0.4, 0.5) is 0 Å². The standard InChI is InChI=1S/C5H9NO4/c7-4-6(10)3-1-2-5(8)9/h4,10H,1-3H2,(H,8,9). The smallest absolute Gasteiger partial charge is 0.303 e. The molecule has 0 saturated heterocycles. The lowest BCUT2D eigenvalue weighted by molar-refractivity contribution is -0.151. The van der Waals surface area contributed by atoms with Crippen LogP contribution in [0, 0.1) is 0 Å². The number of hydrogen-bond donors (Lipinski definition) is 2. The van der Waals surface area contributed by atoms with Crippen molar-refractivity contribution in [3.63, 3.8) is 0 Å². The molecule has 5 heteroatoms. The SMILES string of the molecule is O=CN(O)CCCC(=O)O. The summed E-state index contributed by atoms with van der Waals surface area (Å²) in [5.74, 6) is -0.931. The molecule has 0 saturated carbocycles. The molecule has 5 nitrogen and oxygen atoms in total. The number of hydrogen-bond acceptors (Lipinski definition) is 3. The van der Waals surface area contributed by atoms with Crippen LogP contribution in [0.2, 0.25) is 0 Å². The van der Waals surface area contributed by atoms with Gasteiger partial charge in [-0.05, 0) is 6.42 Å². The summed E-state index contributed by atoms with van der Waals surface area (Å²) in [5.41, 5.74) is 0. The molecule has 0 aliphatic rings. The highest BCUT2D eigenvalue weighted by atomic mass is 16.5. The lowest BCUT2D eigenvalue weighted by atomic mass is 10.3. The largest absolute Gasteiger partial charge is 0.481 e.